The zero-order valence-corrected chi connectivity index (χ0v) is 32.6. The highest BCUT2D eigenvalue weighted by Crippen LogP contribution is 2.47. The number of benzene rings is 3. The number of unbranched alkanes of at least 4 members (excludes halogenated alkanes) is 9. The van der Waals surface area contributed by atoms with E-state index in [1.54, 1.807) is 0 Å². The summed E-state index contributed by atoms with van der Waals surface area (Å²) in [6, 6.07) is 30.7. The second-order valence-corrected chi connectivity index (χ2v) is 16.2. The molecule has 3 aromatic rings. The molecule has 0 saturated carbocycles. The molecule has 6 rings (SSSR count). The molecule has 0 bridgehead atoms. The van der Waals surface area contributed by atoms with Crippen molar-refractivity contribution in [2.45, 2.75) is 101 Å². The van der Waals surface area contributed by atoms with Crippen LogP contribution in [0.25, 0.3) is 0 Å². The number of carbonyl (C=O) groups is 2. The van der Waals surface area contributed by atoms with Crippen LogP contribution in [0.3, 0.4) is 0 Å². The van der Waals surface area contributed by atoms with E-state index in [0.717, 1.165) is 81.6 Å². The van der Waals surface area contributed by atoms with E-state index in [4.69, 9.17) is 11.5 Å². The molecule has 6 heteroatoms. The average molecular weight is 729 g/mol. The van der Waals surface area contributed by atoms with Gasteiger partial charge in [0.1, 0.15) is 5.41 Å². The molecule has 6 nitrogen and oxygen atoms in total. The first kappa shape index (κ1) is 39.7. The fourth-order valence-electron chi connectivity index (χ4n) is 10.2. The minimum atomic E-state index is -0.805. The Morgan fingerprint density at radius 2 is 0.944 bits per heavy atom. The number of nitrogens with zero attached hydrogens (tertiary/aromatic N) is 2. The monoisotopic (exact) mass is 729 g/mol. The van der Waals surface area contributed by atoms with Crippen LogP contribution in [0.2, 0.25) is 0 Å². The summed E-state index contributed by atoms with van der Waals surface area (Å²) < 4.78 is 0. The number of allylic oxidation sites excluding steroid dienone is 3. The van der Waals surface area contributed by atoms with Crippen molar-refractivity contribution in [3.8, 4) is 0 Å². The van der Waals surface area contributed by atoms with E-state index >= 15 is 0 Å². The minimum Gasteiger partial charge on any atom is -0.369 e. The average Bonchev–Trinajstić information content (AvgIpc) is 3.88. The molecule has 0 aromatic heterocycles. The van der Waals surface area contributed by atoms with Crippen molar-refractivity contribution in [3.63, 3.8) is 0 Å². The van der Waals surface area contributed by atoms with Crippen LogP contribution in [0, 0.1) is 11.8 Å². The number of amides is 2. The Bertz CT molecular complexity index is 1630. The highest BCUT2D eigenvalue weighted by atomic mass is 16.2. The lowest BCUT2D eigenvalue weighted by atomic mass is 9.62. The van der Waals surface area contributed by atoms with E-state index in [-0.39, 0.29) is 23.7 Å². The van der Waals surface area contributed by atoms with Gasteiger partial charge in [-0.25, -0.2) is 0 Å². The molecular weight excluding hydrogens is 665 g/mol. The first-order valence-electron chi connectivity index (χ1n) is 21.0. The van der Waals surface area contributed by atoms with E-state index in [1.165, 1.54) is 69.8 Å². The fraction of sp³-hybridized carbons (Fsp3) is 0.500. The predicted molar refractivity (Wildman–Crippen MR) is 222 cm³/mol. The molecule has 3 unspecified atom stereocenters. The van der Waals surface area contributed by atoms with Crippen LogP contribution in [-0.2, 0) is 20.4 Å². The first-order chi connectivity index (χ1) is 26.5. The van der Waals surface area contributed by atoms with Crippen LogP contribution < -0.4 is 11.5 Å². The summed E-state index contributed by atoms with van der Waals surface area (Å²) >= 11 is 0. The largest absolute Gasteiger partial charge is 0.369 e. The molecule has 3 aromatic carbocycles. The van der Waals surface area contributed by atoms with E-state index in [9.17, 15) is 9.59 Å². The maximum atomic E-state index is 13.4. The lowest BCUT2D eigenvalue weighted by molar-refractivity contribution is -0.124. The van der Waals surface area contributed by atoms with E-state index in [0.29, 0.717) is 0 Å². The molecule has 2 amide bonds. The third kappa shape index (κ3) is 8.92. The lowest BCUT2D eigenvalue weighted by Gasteiger charge is -2.40. The number of rotatable bonds is 21. The summed E-state index contributed by atoms with van der Waals surface area (Å²) in [5, 5.41) is 0. The molecule has 0 spiro atoms. The standard InChI is InChI=1S/C48H64N4O2/c49-45(53)47(39-23-13-9-14-24-39,40-25-15-10-16-26-40)43-31-35-51(37-43)33-21-7-5-3-1-2-4-6-8-22-34-52-36-32-44(38-52)48(46(50)54,41-27-17-11-18-28-41)42-29-19-12-20-30-42/h9-19,23-29,43-44H,1-8,20-22,30-38H2,(H2,49,53)(H2,50,54). The quantitative estimate of drug-likeness (QED) is 0.107. The van der Waals surface area contributed by atoms with E-state index in [2.05, 4.69) is 64.4 Å². The maximum absolute atomic E-state index is 13.4. The summed E-state index contributed by atoms with van der Waals surface area (Å²) in [6.07, 6.45) is 23.2. The van der Waals surface area contributed by atoms with Gasteiger partial charge in [0.15, 0.2) is 0 Å². The predicted octanol–water partition coefficient (Wildman–Crippen LogP) is 8.70. The van der Waals surface area contributed by atoms with Crippen molar-refractivity contribution in [1.29, 1.82) is 0 Å². The van der Waals surface area contributed by atoms with Gasteiger partial charge in [0.25, 0.3) is 0 Å². The molecule has 288 valence electrons. The number of primary amides is 2. The highest BCUT2D eigenvalue weighted by molar-refractivity contribution is 5.92. The molecule has 54 heavy (non-hydrogen) atoms. The van der Waals surface area contributed by atoms with Crippen molar-refractivity contribution in [3.05, 3.63) is 131 Å². The molecule has 2 fully saturated rings. The zero-order valence-electron chi connectivity index (χ0n) is 32.6. The third-order valence-corrected chi connectivity index (χ3v) is 13.0. The normalized spacial score (nSPS) is 20.5. The molecule has 3 atom stereocenters. The van der Waals surface area contributed by atoms with Crippen LogP contribution in [0.5, 0.6) is 0 Å². The number of hydrogen-bond acceptors (Lipinski definition) is 4. The summed E-state index contributed by atoms with van der Waals surface area (Å²) in [7, 11) is 0. The van der Waals surface area contributed by atoms with Gasteiger partial charge in [-0.15, -0.1) is 0 Å². The van der Waals surface area contributed by atoms with Crippen LogP contribution in [0.1, 0.15) is 107 Å². The van der Waals surface area contributed by atoms with E-state index < -0.39 is 10.8 Å². The van der Waals surface area contributed by atoms with Gasteiger partial charge >= 0.3 is 0 Å². The topological polar surface area (TPSA) is 92.7 Å². The van der Waals surface area contributed by atoms with Crippen LogP contribution in [-0.4, -0.2) is 60.9 Å². The Labute approximate surface area is 325 Å². The Kier molecular flexibility index (Phi) is 14.4. The molecule has 2 heterocycles. The van der Waals surface area contributed by atoms with E-state index in [1.807, 2.05) is 54.6 Å². The van der Waals surface area contributed by atoms with Gasteiger partial charge in [-0.05, 0) is 98.8 Å². The minimum absolute atomic E-state index is 0.162. The van der Waals surface area contributed by atoms with Gasteiger partial charge < -0.3 is 21.3 Å². The fourth-order valence-corrected chi connectivity index (χ4v) is 10.2. The number of likely N-dealkylation sites (tertiary alicyclic amines) is 2. The zero-order chi connectivity index (χ0) is 37.6. The van der Waals surface area contributed by atoms with Crippen molar-refractivity contribution < 1.29 is 9.59 Å². The third-order valence-electron chi connectivity index (χ3n) is 13.0. The Hall–Kier alpha value is -4.00. The van der Waals surface area contributed by atoms with Crippen molar-refractivity contribution in [2.24, 2.45) is 23.3 Å². The molecule has 2 saturated heterocycles. The number of hydrogen-bond donors (Lipinski definition) is 2. The van der Waals surface area contributed by atoms with Gasteiger partial charge in [0.2, 0.25) is 11.8 Å². The summed E-state index contributed by atoms with van der Waals surface area (Å²) in [4.78, 5) is 31.9. The smallest absolute Gasteiger partial charge is 0.232 e. The number of carbonyl (C=O) groups excluding carboxylic acids is 2. The van der Waals surface area contributed by atoms with Gasteiger partial charge in [0, 0.05) is 13.1 Å². The Balaban J connectivity index is 0.852. The van der Waals surface area contributed by atoms with Crippen LogP contribution >= 0.6 is 0 Å². The highest BCUT2D eigenvalue weighted by Gasteiger charge is 2.51. The lowest BCUT2D eigenvalue weighted by Crippen LogP contribution is -2.50. The van der Waals surface area contributed by atoms with Crippen LogP contribution in [0.15, 0.2) is 115 Å². The molecular formula is C48H64N4O2. The number of nitrogens with two attached hydrogens (primary N) is 2. The van der Waals surface area contributed by atoms with Crippen LogP contribution in [0.4, 0.5) is 0 Å². The maximum Gasteiger partial charge on any atom is 0.232 e. The second kappa shape index (κ2) is 19.5. The molecule has 3 aliphatic rings. The molecule has 1 aliphatic carbocycles. The molecule has 4 N–H and O–H groups in total. The molecule has 2 aliphatic heterocycles. The summed E-state index contributed by atoms with van der Waals surface area (Å²) in [5.74, 6) is -0.0686. The van der Waals surface area contributed by atoms with Crippen molar-refractivity contribution in [2.75, 3.05) is 39.3 Å². The SMILES string of the molecule is NC(=O)C(C1=CC=CCC1)(c1ccccc1)C1CCN(CCCCCCCCCCCCN2CCC(C(C(N)=O)(c3ccccc3)c3ccccc3)C2)C1. The summed E-state index contributed by atoms with van der Waals surface area (Å²) in [5.41, 5.74) is 15.3. The van der Waals surface area contributed by atoms with Crippen molar-refractivity contribution in [1.82, 2.24) is 9.80 Å². The molecule has 0 radical (unpaired) electrons. The van der Waals surface area contributed by atoms with Gasteiger partial charge in [-0.2, -0.15) is 0 Å². The summed E-state index contributed by atoms with van der Waals surface area (Å²) in [6.45, 7) is 6.12. The van der Waals surface area contributed by atoms with Gasteiger partial charge in [0.05, 0.1) is 5.41 Å². The Morgan fingerprint density at radius 1 is 0.556 bits per heavy atom. The second-order valence-electron chi connectivity index (χ2n) is 16.2. The van der Waals surface area contributed by atoms with Crippen molar-refractivity contribution >= 4 is 11.8 Å². The Morgan fingerprint density at radius 3 is 1.33 bits per heavy atom. The van der Waals surface area contributed by atoms with Gasteiger partial charge in [-0.1, -0.05) is 161 Å². The van der Waals surface area contributed by atoms with Gasteiger partial charge in [-0.3, -0.25) is 9.59 Å². The first-order valence-corrected chi connectivity index (χ1v) is 21.0.